The molecule has 0 aliphatic carbocycles. The summed E-state index contributed by atoms with van der Waals surface area (Å²) in [4.78, 5) is 10.7. The zero-order valence-electron chi connectivity index (χ0n) is 10.3. The fourth-order valence-corrected chi connectivity index (χ4v) is 1.26. The Bertz CT molecular complexity index is 349. The average Bonchev–Trinajstić information content (AvgIpc) is 2.14. The van der Waals surface area contributed by atoms with Gasteiger partial charge in [-0.2, -0.15) is 0 Å². The second-order valence-corrected chi connectivity index (χ2v) is 4.77. The van der Waals surface area contributed by atoms with Crippen LogP contribution in [0, 0.1) is 0 Å². The van der Waals surface area contributed by atoms with Crippen LogP contribution in [0.4, 0.5) is 0 Å². The lowest BCUT2D eigenvalue weighted by Crippen LogP contribution is -2.23. The van der Waals surface area contributed by atoms with Gasteiger partial charge >= 0.3 is 0 Å². The molecule has 0 heterocycles. The minimum atomic E-state index is -0.181. The van der Waals surface area contributed by atoms with Crippen LogP contribution in [0.25, 0.3) is 0 Å². The van der Waals surface area contributed by atoms with E-state index >= 15 is 0 Å². The predicted molar refractivity (Wildman–Crippen MR) is 64.3 cm³/mol. The van der Waals surface area contributed by atoms with Crippen molar-refractivity contribution in [3.63, 3.8) is 0 Å². The first-order chi connectivity index (χ1) is 7.37. The van der Waals surface area contributed by atoms with Gasteiger partial charge in [0.2, 0.25) is 5.91 Å². The zero-order valence-corrected chi connectivity index (χ0v) is 10.3. The quantitative estimate of drug-likeness (QED) is 0.851. The fourth-order valence-electron chi connectivity index (χ4n) is 1.26. The van der Waals surface area contributed by atoms with Crippen LogP contribution in [0.5, 0.6) is 5.75 Å². The number of benzene rings is 1. The van der Waals surface area contributed by atoms with Crippen LogP contribution in [-0.2, 0) is 11.3 Å². The largest absolute Gasteiger partial charge is 0.488 e. The Morgan fingerprint density at radius 3 is 2.25 bits per heavy atom. The van der Waals surface area contributed by atoms with E-state index in [0.29, 0.717) is 6.54 Å². The third kappa shape index (κ3) is 4.82. The van der Waals surface area contributed by atoms with Gasteiger partial charge in [0.15, 0.2) is 0 Å². The van der Waals surface area contributed by atoms with Crippen LogP contribution in [0.2, 0.25) is 0 Å². The first-order valence-electron chi connectivity index (χ1n) is 5.39. The van der Waals surface area contributed by atoms with Gasteiger partial charge in [-0.1, -0.05) is 12.1 Å². The van der Waals surface area contributed by atoms with Gasteiger partial charge < -0.3 is 10.1 Å². The number of rotatable bonds is 3. The van der Waals surface area contributed by atoms with Crippen molar-refractivity contribution >= 4 is 5.91 Å². The molecule has 1 rings (SSSR count). The Kier molecular flexibility index (Phi) is 3.93. The van der Waals surface area contributed by atoms with Gasteiger partial charge in [-0.05, 0) is 38.5 Å². The highest BCUT2D eigenvalue weighted by Gasteiger charge is 2.11. The molecule has 0 aliphatic heterocycles. The van der Waals surface area contributed by atoms with Crippen LogP contribution in [0.1, 0.15) is 33.3 Å². The summed E-state index contributed by atoms with van der Waals surface area (Å²) in [6.07, 6.45) is 0. The smallest absolute Gasteiger partial charge is 0.217 e. The van der Waals surface area contributed by atoms with Gasteiger partial charge in [0.1, 0.15) is 11.4 Å². The molecule has 0 bridgehead atoms. The van der Waals surface area contributed by atoms with E-state index in [-0.39, 0.29) is 11.5 Å². The Morgan fingerprint density at radius 2 is 1.81 bits per heavy atom. The molecule has 0 spiro atoms. The first-order valence-corrected chi connectivity index (χ1v) is 5.39. The van der Waals surface area contributed by atoms with Gasteiger partial charge in [0.25, 0.3) is 0 Å². The summed E-state index contributed by atoms with van der Waals surface area (Å²) >= 11 is 0. The van der Waals surface area contributed by atoms with Crippen molar-refractivity contribution < 1.29 is 9.53 Å². The highest BCUT2D eigenvalue weighted by Crippen LogP contribution is 2.18. The van der Waals surface area contributed by atoms with E-state index in [1.54, 1.807) is 0 Å². The van der Waals surface area contributed by atoms with Crippen LogP contribution >= 0.6 is 0 Å². The monoisotopic (exact) mass is 221 g/mol. The summed E-state index contributed by atoms with van der Waals surface area (Å²) in [6, 6.07) is 7.75. The van der Waals surface area contributed by atoms with E-state index in [9.17, 15) is 4.79 Å². The van der Waals surface area contributed by atoms with E-state index in [1.165, 1.54) is 6.92 Å². The molecule has 0 saturated carbocycles. The van der Waals surface area contributed by atoms with Crippen LogP contribution < -0.4 is 10.1 Å². The van der Waals surface area contributed by atoms with E-state index in [0.717, 1.165) is 11.3 Å². The van der Waals surface area contributed by atoms with E-state index in [2.05, 4.69) is 5.32 Å². The molecular weight excluding hydrogens is 202 g/mol. The maximum Gasteiger partial charge on any atom is 0.217 e. The summed E-state index contributed by atoms with van der Waals surface area (Å²) in [5.41, 5.74) is 0.885. The molecule has 16 heavy (non-hydrogen) atoms. The minimum Gasteiger partial charge on any atom is -0.488 e. The SMILES string of the molecule is CC(=O)NCc1ccc(OC(C)(C)C)cc1. The second-order valence-electron chi connectivity index (χ2n) is 4.77. The molecule has 0 aromatic heterocycles. The summed E-state index contributed by atoms with van der Waals surface area (Å²) in [5, 5.41) is 2.75. The maximum atomic E-state index is 10.7. The standard InChI is InChI=1S/C13H19NO2/c1-10(15)14-9-11-5-7-12(8-6-11)16-13(2,3)4/h5-8H,9H2,1-4H3,(H,14,15). The molecular formula is C13H19NO2. The highest BCUT2D eigenvalue weighted by molar-refractivity contribution is 5.72. The van der Waals surface area contributed by atoms with Gasteiger partial charge in [-0.25, -0.2) is 0 Å². The van der Waals surface area contributed by atoms with Crippen LogP contribution in [0.15, 0.2) is 24.3 Å². The molecule has 88 valence electrons. The maximum absolute atomic E-state index is 10.7. The lowest BCUT2D eigenvalue weighted by atomic mass is 10.1. The highest BCUT2D eigenvalue weighted by atomic mass is 16.5. The summed E-state index contributed by atoms with van der Waals surface area (Å²) < 4.78 is 5.69. The summed E-state index contributed by atoms with van der Waals surface area (Å²) in [5.74, 6) is 0.828. The number of nitrogens with one attached hydrogen (secondary N) is 1. The Morgan fingerprint density at radius 1 is 1.25 bits per heavy atom. The fraction of sp³-hybridized carbons (Fsp3) is 0.462. The van der Waals surface area contributed by atoms with Crippen molar-refractivity contribution in [3.05, 3.63) is 29.8 Å². The number of carbonyl (C=O) groups excluding carboxylic acids is 1. The van der Waals surface area contributed by atoms with Crippen molar-refractivity contribution in [1.29, 1.82) is 0 Å². The Hall–Kier alpha value is -1.51. The lowest BCUT2D eigenvalue weighted by Gasteiger charge is -2.21. The van der Waals surface area contributed by atoms with Crippen molar-refractivity contribution in [3.8, 4) is 5.75 Å². The number of amides is 1. The van der Waals surface area contributed by atoms with Gasteiger partial charge in [0.05, 0.1) is 0 Å². The summed E-state index contributed by atoms with van der Waals surface area (Å²) in [6.45, 7) is 8.11. The molecule has 1 aromatic rings. The van der Waals surface area contributed by atoms with E-state index < -0.39 is 0 Å². The van der Waals surface area contributed by atoms with Gasteiger partial charge in [-0.15, -0.1) is 0 Å². The number of ether oxygens (including phenoxy) is 1. The molecule has 0 saturated heterocycles. The van der Waals surface area contributed by atoms with E-state index in [1.807, 2.05) is 45.0 Å². The van der Waals surface area contributed by atoms with Crippen molar-refractivity contribution in [2.75, 3.05) is 0 Å². The third-order valence-corrected chi connectivity index (χ3v) is 1.89. The molecule has 0 radical (unpaired) electrons. The number of carbonyl (C=O) groups is 1. The number of hydrogen-bond donors (Lipinski definition) is 1. The van der Waals surface area contributed by atoms with Crippen molar-refractivity contribution in [2.45, 2.75) is 39.8 Å². The normalized spacial score (nSPS) is 11.0. The van der Waals surface area contributed by atoms with Crippen LogP contribution in [0.3, 0.4) is 0 Å². The molecule has 0 atom stereocenters. The van der Waals surface area contributed by atoms with Gasteiger partial charge in [0, 0.05) is 13.5 Å². The van der Waals surface area contributed by atoms with Crippen molar-refractivity contribution in [1.82, 2.24) is 5.32 Å². The molecule has 0 unspecified atom stereocenters. The van der Waals surface area contributed by atoms with Crippen molar-refractivity contribution in [2.24, 2.45) is 0 Å². The molecule has 3 nitrogen and oxygen atoms in total. The first kappa shape index (κ1) is 12.6. The molecule has 3 heteroatoms. The molecule has 1 aromatic carbocycles. The Balaban J connectivity index is 2.57. The molecule has 1 N–H and O–H groups in total. The lowest BCUT2D eigenvalue weighted by molar-refractivity contribution is -0.119. The average molecular weight is 221 g/mol. The minimum absolute atomic E-state index is 0.0185. The zero-order chi connectivity index (χ0) is 12.2. The molecule has 1 amide bonds. The third-order valence-electron chi connectivity index (χ3n) is 1.89. The molecule has 0 aliphatic rings. The second kappa shape index (κ2) is 5.01. The van der Waals surface area contributed by atoms with E-state index in [4.69, 9.17) is 4.74 Å². The van der Waals surface area contributed by atoms with Gasteiger partial charge in [-0.3, -0.25) is 4.79 Å². The molecule has 0 fully saturated rings. The Labute approximate surface area is 96.8 Å². The number of hydrogen-bond acceptors (Lipinski definition) is 2. The summed E-state index contributed by atoms with van der Waals surface area (Å²) in [7, 11) is 0. The predicted octanol–water partition coefficient (Wildman–Crippen LogP) is 2.50. The topological polar surface area (TPSA) is 38.3 Å². The van der Waals surface area contributed by atoms with Crippen LogP contribution in [-0.4, -0.2) is 11.5 Å².